The number of rotatable bonds is 3. The number of hydrogen-bond donors (Lipinski definition) is 0. The number of alkyl halides is 1. The molecule has 0 N–H and O–H groups in total. The van der Waals surface area contributed by atoms with E-state index in [9.17, 15) is 0 Å². The molecule has 0 saturated carbocycles. The van der Waals surface area contributed by atoms with Gasteiger partial charge in [0.05, 0.1) is 0 Å². The summed E-state index contributed by atoms with van der Waals surface area (Å²) in [7, 11) is 1.93. The predicted molar refractivity (Wildman–Crippen MR) is 55.4 cm³/mol. The summed E-state index contributed by atoms with van der Waals surface area (Å²) in [6.45, 7) is 4.67. The summed E-state index contributed by atoms with van der Waals surface area (Å²) >= 11 is 5.86. The van der Waals surface area contributed by atoms with Crippen LogP contribution in [0.4, 0.5) is 5.95 Å². The molecular weight excluding hydrogens is 186 g/mol. The van der Waals surface area contributed by atoms with E-state index in [1.165, 1.54) is 0 Å². The maximum Gasteiger partial charge on any atom is 0.225 e. The average molecular weight is 200 g/mol. The largest absolute Gasteiger partial charge is 0.342 e. The molecule has 0 spiro atoms. The number of nitrogens with zero attached hydrogens (tertiary/aromatic N) is 3. The minimum atomic E-state index is 0.106. The van der Waals surface area contributed by atoms with Gasteiger partial charge in [0.2, 0.25) is 5.95 Å². The molecule has 1 unspecified atom stereocenters. The van der Waals surface area contributed by atoms with Gasteiger partial charge >= 0.3 is 0 Å². The summed E-state index contributed by atoms with van der Waals surface area (Å²) < 4.78 is 0. The third-order valence-corrected chi connectivity index (χ3v) is 1.77. The molecule has 1 atom stereocenters. The van der Waals surface area contributed by atoms with Gasteiger partial charge in [-0.3, -0.25) is 0 Å². The first-order chi connectivity index (χ1) is 6.09. The zero-order chi connectivity index (χ0) is 9.84. The highest BCUT2D eigenvalue weighted by atomic mass is 35.5. The van der Waals surface area contributed by atoms with Crippen molar-refractivity contribution in [1.29, 1.82) is 0 Å². The van der Waals surface area contributed by atoms with Gasteiger partial charge in [0.15, 0.2) is 0 Å². The molecule has 0 saturated heterocycles. The van der Waals surface area contributed by atoms with E-state index in [0.29, 0.717) is 0 Å². The molecule has 4 heteroatoms. The summed E-state index contributed by atoms with van der Waals surface area (Å²) in [5.74, 6) is 0.720. The van der Waals surface area contributed by atoms with Gasteiger partial charge in [-0.2, -0.15) is 0 Å². The topological polar surface area (TPSA) is 29.0 Å². The van der Waals surface area contributed by atoms with Crippen LogP contribution in [0.5, 0.6) is 0 Å². The van der Waals surface area contributed by atoms with E-state index < -0.39 is 0 Å². The molecule has 13 heavy (non-hydrogen) atoms. The SMILES string of the molecule is Cc1cnc(N(C)CC(C)Cl)nc1. The van der Waals surface area contributed by atoms with E-state index in [2.05, 4.69) is 9.97 Å². The molecule has 0 fully saturated rings. The Morgan fingerprint density at radius 1 is 1.46 bits per heavy atom. The Bertz CT molecular complexity index is 258. The van der Waals surface area contributed by atoms with Crippen LogP contribution in [0, 0.1) is 6.92 Å². The zero-order valence-corrected chi connectivity index (χ0v) is 8.91. The van der Waals surface area contributed by atoms with Gasteiger partial charge in [0.1, 0.15) is 0 Å². The number of aryl methyl sites for hydroxylation is 1. The first kappa shape index (κ1) is 10.3. The molecule has 0 aliphatic rings. The third-order valence-electron chi connectivity index (χ3n) is 1.63. The molecular formula is C9H14ClN3. The van der Waals surface area contributed by atoms with Crippen molar-refractivity contribution < 1.29 is 0 Å². The minimum absolute atomic E-state index is 0.106. The number of halogens is 1. The van der Waals surface area contributed by atoms with Gasteiger partial charge in [0, 0.05) is 31.4 Å². The van der Waals surface area contributed by atoms with Crippen LogP contribution in [-0.2, 0) is 0 Å². The molecule has 0 bridgehead atoms. The Hall–Kier alpha value is -0.830. The maximum atomic E-state index is 5.86. The molecule has 1 heterocycles. The number of hydrogen-bond acceptors (Lipinski definition) is 3. The zero-order valence-electron chi connectivity index (χ0n) is 8.16. The second-order valence-electron chi connectivity index (χ2n) is 3.22. The second-order valence-corrected chi connectivity index (χ2v) is 3.97. The lowest BCUT2D eigenvalue weighted by molar-refractivity contribution is 0.823. The third kappa shape index (κ3) is 3.19. The maximum absolute atomic E-state index is 5.86. The first-order valence-electron chi connectivity index (χ1n) is 4.23. The van der Waals surface area contributed by atoms with Gasteiger partial charge in [0.25, 0.3) is 0 Å². The summed E-state index contributed by atoms with van der Waals surface area (Å²) in [6, 6.07) is 0. The molecule has 0 aliphatic carbocycles. The van der Waals surface area contributed by atoms with E-state index in [1.807, 2.05) is 25.8 Å². The first-order valence-corrected chi connectivity index (χ1v) is 4.67. The van der Waals surface area contributed by atoms with E-state index in [-0.39, 0.29) is 5.38 Å². The quantitative estimate of drug-likeness (QED) is 0.696. The highest BCUT2D eigenvalue weighted by molar-refractivity contribution is 6.20. The lowest BCUT2D eigenvalue weighted by Crippen LogP contribution is -2.25. The van der Waals surface area contributed by atoms with Crippen LogP contribution in [0.1, 0.15) is 12.5 Å². The van der Waals surface area contributed by atoms with Crippen LogP contribution >= 0.6 is 11.6 Å². The van der Waals surface area contributed by atoms with Gasteiger partial charge in [-0.05, 0) is 19.4 Å². The van der Waals surface area contributed by atoms with Crippen LogP contribution in [0.2, 0.25) is 0 Å². The molecule has 0 radical (unpaired) electrons. The van der Waals surface area contributed by atoms with Crippen LogP contribution in [0.25, 0.3) is 0 Å². The van der Waals surface area contributed by atoms with Crippen LogP contribution in [-0.4, -0.2) is 28.9 Å². The summed E-state index contributed by atoms with van der Waals surface area (Å²) in [5.41, 5.74) is 1.07. The lowest BCUT2D eigenvalue weighted by atomic mass is 10.4. The van der Waals surface area contributed by atoms with Crippen molar-refractivity contribution in [3.63, 3.8) is 0 Å². The van der Waals surface area contributed by atoms with Gasteiger partial charge in [-0.1, -0.05) is 0 Å². The lowest BCUT2D eigenvalue weighted by Gasteiger charge is -2.17. The average Bonchev–Trinajstić information content (AvgIpc) is 2.04. The summed E-state index contributed by atoms with van der Waals surface area (Å²) in [6.07, 6.45) is 3.61. The van der Waals surface area contributed by atoms with Crippen molar-refractivity contribution in [3.8, 4) is 0 Å². The Labute approximate surface area is 83.8 Å². The molecule has 3 nitrogen and oxygen atoms in total. The predicted octanol–water partition coefficient (Wildman–Crippen LogP) is 1.85. The van der Waals surface area contributed by atoms with Crippen molar-refractivity contribution in [2.75, 3.05) is 18.5 Å². The summed E-state index contributed by atoms with van der Waals surface area (Å²) in [5, 5.41) is 0.106. The molecule has 1 rings (SSSR count). The normalized spacial score (nSPS) is 12.6. The standard InChI is InChI=1S/C9H14ClN3/c1-7-4-11-9(12-5-7)13(3)6-8(2)10/h4-5,8H,6H2,1-3H3. The second kappa shape index (κ2) is 4.42. The van der Waals surface area contributed by atoms with Crippen LogP contribution in [0.15, 0.2) is 12.4 Å². The smallest absolute Gasteiger partial charge is 0.225 e. The highest BCUT2D eigenvalue weighted by Crippen LogP contribution is 2.06. The Morgan fingerprint density at radius 2 is 2.00 bits per heavy atom. The number of anilines is 1. The van der Waals surface area contributed by atoms with E-state index in [1.54, 1.807) is 12.4 Å². The van der Waals surface area contributed by atoms with Crippen LogP contribution in [0.3, 0.4) is 0 Å². The summed E-state index contributed by atoms with van der Waals surface area (Å²) in [4.78, 5) is 10.3. The Morgan fingerprint density at radius 3 is 2.46 bits per heavy atom. The van der Waals surface area contributed by atoms with Crippen molar-refractivity contribution in [1.82, 2.24) is 9.97 Å². The molecule has 0 amide bonds. The Balaban J connectivity index is 2.66. The van der Waals surface area contributed by atoms with Crippen molar-refractivity contribution in [3.05, 3.63) is 18.0 Å². The fourth-order valence-corrected chi connectivity index (χ4v) is 1.25. The molecule has 1 aromatic heterocycles. The van der Waals surface area contributed by atoms with Gasteiger partial charge in [-0.25, -0.2) is 9.97 Å². The fourth-order valence-electron chi connectivity index (χ4n) is 1.04. The Kier molecular flexibility index (Phi) is 3.48. The molecule has 0 aliphatic heterocycles. The van der Waals surface area contributed by atoms with E-state index >= 15 is 0 Å². The minimum Gasteiger partial charge on any atom is -0.342 e. The van der Waals surface area contributed by atoms with Gasteiger partial charge < -0.3 is 4.90 Å². The van der Waals surface area contributed by atoms with E-state index in [0.717, 1.165) is 18.1 Å². The molecule has 1 aromatic rings. The fraction of sp³-hybridized carbons (Fsp3) is 0.556. The highest BCUT2D eigenvalue weighted by Gasteiger charge is 2.05. The van der Waals surface area contributed by atoms with Crippen LogP contribution < -0.4 is 4.90 Å². The monoisotopic (exact) mass is 199 g/mol. The number of aromatic nitrogens is 2. The van der Waals surface area contributed by atoms with Gasteiger partial charge in [-0.15, -0.1) is 11.6 Å². The van der Waals surface area contributed by atoms with Crippen molar-refractivity contribution >= 4 is 17.5 Å². The molecule has 72 valence electrons. The van der Waals surface area contributed by atoms with Crippen molar-refractivity contribution in [2.24, 2.45) is 0 Å². The molecule has 0 aromatic carbocycles. The van der Waals surface area contributed by atoms with Crippen molar-refractivity contribution in [2.45, 2.75) is 19.2 Å². The van der Waals surface area contributed by atoms with E-state index in [4.69, 9.17) is 11.6 Å².